The van der Waals surface area contributed by atoms with Crippen LogP contribution in [0.25, 0.3) is 11.3 Å². The normalized spacial score (nSPS) is 10.7. The van der Waals surface area contributed by atoms with Gasteiger partial charge in [-0.15, -0.1) is 0 Å². The van der Waals surface area contributed by atoms with Crippen molar-refractivity contribution in [1.29, 1.82) is 0 Å². The topological polar surface area (TPSA) is 57.2 Å². The molecule has 0 aliphatic rings. The minimum atomic E-state index is -0.440. The van der Waals surface area contributed by atoms with E-state index in [0.29, 0.717) is 17.1 Å². The molecule has 1 aromatic heterocycles. The Morgan fingerprint density at radius 3 is 2.44 bits per heavy atom. The summed E-state index contributed by atoms with van der Waals surface area (Å²) in [6.45, 7) is 2.45. The number of hydrogen-bond acceptors (Lipinski definition) is 2. The summed E-state index contributed by atoms with van der Waals surface area (Å²) in [6.07, 6.45) is 0. The number of carbonyl (C=O) groups excluding carboxylic acids is 1. The quantitative estimate of drug-likeness (QED) is 0.743. The predicted molar refractivity (Wildman–Crippen MR) is 100 cm³/mol. The minimum absolute atomic E-state index is 0.440. The lowest BCUT2D eigenvalue weighted by Crippen LogP contribution is -2.12. The Bertz CT molecular complexity index is 914. The highest BCUT2D eigenvalue weighted by Gasteiger charge is 2.17. The van der Waals surface area contributed by atoms with Crippen LogP contribution in [0.3, 0.4) is 0 Å². The summed E-state index contributed by atoms with van der Waals surface area (Å²) in [5.41, 5.74) is 9.74. The summed E-state index contributed by atoms with van der Waals surface area (Å²) >= 11 is 6.31. The fourth-order valence-electron chi connectivity index (χ4n) is 2.90. The number of aromatic nitrogens is 1. The number of hydrogen-bond donors (Lipinski definition) is 1. The van der Waals surface area contributed by atoms with Crippen LogP contribution in [0.4, 0.5) is 0 Å². The van der Waals surface area contributed by atoms with E-state index in [1.807, 2.05) is 61.5 Å². The maximum absolute atomic E-state index is 11.8. The number of ether oxygens (including phenoxy) is 1. The lowest BCUT2D eigenvalue weighted by atomic mass is 10.1. The number of nitrogens with zero attached hydrogens (tertiary/aromatic N) is 1. The van der Waals surface area contributed by atoms with Gasteiger partial charge in [-0.25, -0.2) is 0 Å². The van der Waals surface area contributed by atoms with Crippen LogP contribution in [0.15, 0.2) is 54.6 Å². The van der Waals surface area contributed by atoms with Crippen molar-refractivity contribution in [2.24, 2.45) is 5.73 Å². The Labute approximate surface area is 151 Å². The van der Waals surface area contributed by atoms with Crippen LogP contribution < -0.4 is 10.5 Å². The van der Waals surface area contributed by atoms with Gasteiger partial charge in [0.2, 0.25) is 0 Å². The van der Waals surface area contributed by atoms with E-state index in [1.54, 1.807) is 7.11 Å². The average molecular weight is 355 g/mol. The van der Waals surface area contributed by atoms with Crippen LogP contribution in [-0.4, -0.2) is 17.6 Å². The minimum Gasteiger partial charge on any atom is -0.497 e. The first-order valence-electron chi connectivity index (χ1n) is 7.89. The van der Waals surface area contributed by atoms with Crippen LogP contribution in [0.1, 0.15) is 21.6 Å². The van der Waals surface area contributed by atoms with Gasteiger partial charge >= 0.3 is 0 Å². The third-order valence-corrected chi connectivity index (χ3v) is 4.67. The van der Waals surface area contributed by atoms with Crippen molar-refractivity contribution < 1.29 is 9.53 Å². The van der Waals surface area contributed by atoms with Crippen LogP contribution in [0.5, 0.6) is 5.75 Å². The van der Waals surface area contributed by atoms with Gasteiger partial charge in [0.1, 0.15) is 5.75 Å². The molecule has 4 nitrogen and oxygen atoms in total. The van der Waals surface area contributed by atoms with Gasteiger partial charge < -0.3 is 15.0 Å². The molecule has 1 heterocycles. The summed E-state index contributed by atoms with van der Waals surface area (Å²) in [5, 5.41) is 0.692. The Kier molecular flexibility index (Phi) is 4.81. The molecule has 128 valence electrons. The van der Waals surface area contributed by atoms with Crippen LogP contribution >= 0.6 is 11.6 Å². The Balaban J connectivity index is 2.11. The molecular formula is C20H19ClN2O2. The van der Waals surface area contributed by atoms with Gasteiger partial charge in [0, 0.05) is 23.0 Å². The van der Waals surface area contributed by atoms with Crippen molar-refractivity contribution >= 4 is 17.5 Å². The zero-order valence-electron chi connectivity index (χ0n) is 14.1. The van der Waals surface area contributed by atoms with Crippen molar-refractivity contribution in [3.05, 3.63) is 76.4 Å². The molecule has 0 aliphatic carbocycles. The van der Waals surface area contributed by atoms with Gasteiger partial charge in [0.05, 0.1) is 12.7 Å². The van der Waals surface area contributed by atoms with E-state index in [2.05, 4.69) is 4.57 Å². The molecule has 0 spiro atoms. The van der Waals surface area contributed by atoms with E-state index in [-0.39, 0.29) is 0 Å². The average Bonchev–Trinajstić information content (AvgIpc) is 2.94. The SMILES string of the molecule is COc1ccc(-c2cc(C(N)=O)c(C)n2Cc2ccccc2Cl)cc1. The molecule has 5 heteroatoms. The molecule has 0 unspecified atom stereocenters. The first-order chi connectivity index (χ1) is 12.0. The molecule has 1 amide bonds. The van der Waals surface area contributed by atoms with E-state index in [9.17, 15) is 4.79 Å². The first kappa shape index (κ1) is 17.1. The lowest BCUT2D eigenvalue weighted by molar-refractivity contribution is 0.0999. The maximum Gasteiger partial charge on any atom is 0.250 e. The molecule has 2 N–H and O–H groups in total. The Morgan fingerprint density at radius 1 is 1.16 bits per heavy atom. The van der Waals surface area contributed by atoms with E-state index >= 15 is 0 Å². The van der Waals surface area contributed by atoms with Crippen LogP contribution in [0, 0.1) is 6.92 Å². The molecule has 0 aliphatic heterocycles. The molecule has 2 aromatic carbocycles. The fraction of sp³-hybridized carbons (Fsp3) is 0.150. The van der Waals surface area contributed by atoms with E-state index in [4.69, 9.17) is 22.1 Å². The van der Waals surface area contributed by atoms with E-state index < -0.39 is 5.91 Å². The third kappa shape index (κ3) is 3.39. The second-order valence-corrected chi connectivity index (χ2v) is 6.21. The first-order valence-corrected chi connectivity index (χ1v) is 8.27. The van der Waals surface area contributed by atoms with Gasteiger partial charge in [-0.3, -0.25) is 4.79 Å². The van der Waals surface area contributed by atoms with Gasteiger partial charge in [0.15, 0.2) is 0 Å². The second-order valence-electron chi connectivity index (χ2n) is 5.80. The highest BCUT2D eigenvalue weighted by atomic mass is 35.5. The van der Waals surface area contributed by atoms with E-state index in [0.717, 1.165) is 28.3 Å². The standard InChI is InChI=1S/C20H19ClN2O2/c1-13-17(20(22)24)11-19(14-7-9-16(25-2)10-8-14)23(13)12-15-5-3-4-6-18(15)21/h3-11H,12H2,1-2H3,(H2,22,24). The monoisotopic (exact) mass is 354 g/mol. The number of carbonyl (C=O) groups is 1. The number of nitrogens with two attached hydrogens (primary N) is 1. The zero-order chi connectivity index (χ0) is 18.0. The molecular weight excluding hydrogens is 336 g/mol. The number of halogens is 1. The summed E-state index contributed by atoms with van der Waals surface area (Å²) < 4.78 is 7.27. The molecule has 3 aromatic rings. The Morgan fingerprint density at radius 2 is 1.84 bits per heavy atom. The molecule has 25 heavy (non-hydrogen) atoms. The molecule has 0 radical (unpaired) electrons. The summed E-state index contributed by atoms with van der Waals surface area (Å²) in [7, 11) is 1.63. The van der Waals surface area contributed by atoms with Gasteiger partial charge in [-0.05, 0) is 54.4 Å². The highest BCUT2D eigenvalue weighted by molar-refractivity contribution is 6.31. The number of benzene rings is 2. The van der Waals surface area contributed by atoms with E-state index in [1.165, 1.54) is 0 Å². The van der Waals surface area contributed by atoms with Crippen LogP contribution in [-0.2, 0) is 6.54 Å². The summed E-state index contributed by atoms with van der Waals surface area (Å²) in [5.74, 6) is 0.338. The van der Waals surface area contributed by atoms with Crippen molar-refractivity contribution in [3.8, 4) is 17.0 Å². The van der Waals surface area contributed by atoms with Crippen molar-refractivity contribution in [1.82, 2.24) is 4.57 Å². The van der Waals surface area contributed by atoms with Crippen LogP contribution in [0.2, 0.25) is 5.02 Å². The zero-order valence-corrected chi connectivity index (χ0v) is 14.9. The number of rotatable bonds is 5. The molecule has 3 rings (SSSR count). The second kappa shape index (κ2) is 7.03. The van der Waals surface area contributed by atoms with Crippen molar-refractivity contribution in [2.45, 2.75) is 13.5 Å². The number of amides is 1. The van der Waals surface area contributed by atoms with Gasteiger partial charge in [-0.1, -0.05) is 29.8 Å². The smallest absolute Gasteiger partial charge is 0.250 e. The largest absolute Gasteiger partial charge is 0.497 e. The molecule has 0 atom stereocenters. The van der Waals surface area contributed by atoms with Crippen molar-refractivity contribution in [3.63, 3.8) is 0 Å². The molecule has 0 saturated carbocycles. The maximum atomic E-state index is 11.8. The molecule has 0 fully saturated rings. The predicted octanol–water partition coefficient (Wildman–Crippen LogP) is 4.27. The summed E-state index contributed by atoms with van der Waals surface area (Å²) in [4.78, 5) is 11.8. The molecule has 0 bridgehead atoms. The molecule has 0 saturated heterocycles. The lowest BCUT2D eigenvalue weighted by Gasteiger charge is -2.13. The third-order valence-electron chi connectivity index (χ3n) is 4.30. The highest BCUT2D eigenvalue weighted by Crippen LogP contribution is 2.29. The van der Waals surface area contributed by atoms with Gasteiger partial charge in [0.25, 0.3) is 5.91 Å². The number of primary amides is 1. The van der Waals surface area contributed by atoms with Gasteiger partial charge in [-0.2, -0.15) is 0 Å². The number of methoxy groups -OCH3 is 1. The summed E-state index contributed by atoms with van der Waals surface area (Å²) in [6, 6.07) is 17.2. The Hall–Kier alpha value is -2.72. The van der Waals surface area contributed by atoms with Crippen molar-refractivity contribution in [2.75, 3.05) is 7.11 Å². The fourth-order valence-corrected chi connectivity index (χ4v) is 3.09.